The second-order valence-corrected chi connectivity index (χ2v) is 8.83. The number of rotatable bonds is 2. The minimum absolute atomic E-state index is 0.178. The van der Waals surface area contributed by atoms with E-state index in [4.69, 9.17) is 9.84 Å². The third-order valence-electron chi connectivity index (χ3n) is 4.44. The van der Waals surface area contributed by atoms with Crippen molar-refractivity contribution < 1.29 is 24.2 Å². The number of carboxylic acid groups (broad SMARTS) is 1. The number of ether oxygens (including phenoxy) is 1. The second-order valence-electron chi connectivity index (χ2n) is 7.74. The first-order valence-electron chi connectivity index (χ1n) is 8.87. The fraction of sp³-hybridized carbons (Fsp3) is 0.647. The van der Waals surface area contributed by atoms with Crippen molar-refractivity contribution in [2.75, 3.05) is 25.0 Å². The number of nitrogens with zero attached hydrogens (tertiary/aromatic N) is 3. The van der Waals surface area contributed by atoms with Crippen LogP contribution in [0.15, 0.2) is 0 Å². The van der Waals surface area contributed by atoms with Crippen LogP contribution in [-0.4, -0.2) is 63.2 Å². The van der Waals surface area contributed by atoms with Gasteiger partial charge in [-0.3, -0.25) is 4.79 Å². The molecule has 148 valence electrons. The standard InChI is InChI=1S/C17H24N4O5S/c1-17(2,3)26-16(25)21-6-4-10(8-21)13(22)19-14-18-11-5-7-20(15(23)24)9-12(11)27-14/h10H,4-9H2,1-3H3,(H,23,24)(H,18,19,22). The predicted octanol–water partition coefficient (Wildman–Crippen LogP) is 2.37. The van der Waals surface area contributed by atoms with Gasteiger partial charge in [-0.05, 0) is 27.2 Å². The summed E-state index contributed by atoms with van der Waals surface area (Å²) < 4.78 is 5.34. The van der Waals surface area contributed by atoms with E-state index >= 15 is 0 Å². The smallest absolute Gasteiger partial charge is 0.410 e. The molecule has 3 heterocycles. The maximum absolute atomic E-state index is 12.5. The third-order valence-corrected chi connectivity index (χ3v) is 5.44. The van der Waals surface area contributed by atoms with E-state index in [0.717, 1.165) is 10.6 Å². The summed E-state index contributed by atoms with van der Waals surface area (Å²) in [6, 6.07) is 0. The van der Waals surface area contributed by atoms with E-state index in [0.29, 0.717) is 44.2 Å². The number of thiazole rings is 1. The summed E-state index contributed by atoms with van der Waals surface area (Å²) in [7, 11) is 0. The summed E-state index contributed by atoms with van der Waals surface area (Å²) >= 11 is 1.31. The Morgan fingerprint density at radius 1 is 1.26 bits per heavy atom. The van der Waals surface area contributed by atoms with Gasteiger partial charge in [0, 0.05) is 30.9 Å². The van der Waals surface area contributed by atoms with E-state index in [1.807, 2.05) is 0 Å². The monoisotopic (exact) mass is 396 g/mol. The van der Waals surface area contributed by atoms with E-state index in [1.165, 1.54) is 16.2 Å². The number of hydrogen-bond donors (Lipinski definition) is 2. The number of nitrogens with one attached hydrogen (secondary N) is 1. The van der Waals surface area contributed by atoms with Gasteiger partial charge in [0.2, 0.25) is 5.91 Å². The van der Waals surface area contributed by atoms with Gasteiger partial charge in [-0.15, -0.1) is 0 Å². The number of carbonyl (C=O) groups excluding carboxylic acids is 2. The quantitative estimate of drug-likeness (QED) is 0.794. The Bertz CT molecular complexity index is 757. The van der Waals surface area contributed by atoms with Crippen LogP contribution in [0.4, 0.5) is 14.7 Å². The molecular formula is C17H24N4O5S. The van der Waals surface area contributed by atoms with Crippen LogP contribution in [0.2, 0.25) is 0 Å². The highest BCUT2D eigenvalue weighted by Gasteiger charge is 2.34. The molecule has 1 aromatic heterocycles. The molecule has 27 heavy (non-hydrogen) atoms. The van der Waals surface area contributed by atoms with Crippen LogP contribution < -0.4 is 5.32 Å². The Hall–Kier alpha value is -2.36. The van der Waals surface area contributed by atoms with Crippen molar-refractivity contribution in [2.24, 2.45) is 5.92 Å². The molecule has 0 aliphatic carbocycles. The largest absolute Gasteiger partial charge is 0.465 e. The normalized spacial score (nSPS) is 19.6. The molecule has 1 saturated heterocycles. The highest BCUT2D eigenvalue weighted by molar-refractivity contribution is 7.15. The summed E-state index contributed by atoms with van der Waals surface area (Å²) in [6.45, 7) is 6.93. The lowest BCUT2D eigenvalue weighted by Gasteiger charge is -2.24. The average molecular weight is 396 g/mol. The van der Waals surface area contributed by atoms with Crippen LogP contribution in [0.25, 0.3) is 0 Å². The molecule has 10 heteroatoms. The molecule has 2 aliphatic rings. The Kier molecular flexibility index (Phi) is 5.27. The van der Waals surface area contributed by atoms with E-state index < -0.39 is 17.8 Å². The van der Waals surface area contributed by atoms with Crippen molar-refractivity contribution in [3.63, 3.8) is 0 Å². The molecule has 0 radical (unpaired) electrons. The number of hydrogen-bond acceptors (Lipinski definition) is 6. The van der Waals surface area contributed by atoms with E-state index in [2.05, 4.69) is 10.3 Å². The van der Waals surface area contributed by atoms with Gasteiger partial charge < -0.3 is 25.0 Å². The first-order valence-corrected chi connectivity index (χ1v) is 9.69. The number of fused-ring (bicyclic) bond motifs is 1. The Labute approximate surface area is 161 Å². The Balaban J connectivity index is 1.56. The fourth-order valence-electron chi connectivity index (χ4n) is 3.09. The summed E-state index contributed by atoms with van der Waals surface area (Å²) in [6.07, 6.45) is -0.239. The number of amides is 3. The molecule has 0 saturated carbocycles. The van der Waals surface area contributed by atoms with Crippen LogP contribution in [0, 0.1) is 5.92 Å². The van der Waals surface area contributed by atoms with Crippen molar-refractivity contribution in [1.82, 2.24) is 14.8 Å². The average Bonchev–Trinajstić information content (AvgIpc) is 3.19. The molecule has 9 nitrogen and oxygen atoms in total. The van der Waals surface area contributed by atoms with E-state index in [-0.39, 0.29) is 11.8 Å². The van der Waals surface area contributed by atoms with E-state index in [1.54, 1.807) is 25.7 Å². The first kappa shape index (κ1) is 19.4. The summed E-state index contributed by atoms with van der Waals surface area (Å²) in [5, 5.41) is 12.4. The van der Waals surface area contributed by atoms with E-state index in [9.17, 15) is 14.4 Å². The molecule has 1 fully saturated rings. The molecule has 2 N–H and O–H groups in total. The van der Waals surface area contributed by atoms with Crippen LogP contribution in [-0.2, 0) is 22.5 Å². The summed E-state index contributed by atoms with van der Waals surface area (Å²) in [4.78, 5) is 43.9. The van der Waals surface area contributed by atoms with Gasteiger partial charge in [0.1, 0.15) is 5.60 Å². The molecule has 3 rings (SSSR count). The van der Waals surface area contributed by atoms with Gasteiger partial charge in [-0.2, -0.15) is 0 Å². The predicted molar refractivity (Wildman–Crippen MR) is 98.8 cm³/mol. The Morgan fingerprint density at radius 3 is 2.67 bits per heavy atom. The lowest BCUT2D eigenvalue weighted by atomic mass is 10.1. The zero-order valence-electron chi connectivity index (χ0n) is 15.7. The lowest BCUT2D eigenvalue weighted by molar-refractivity contribution is -0.119. The third kappa shape index (κ3) is 4.68. The molecule has 2 aliphatic heterocycles. The second kappa shape index (κ2) is 7.34. The van der Waals surface area contributed by atoms with Crippen LogP contribution in [0.5, 0.6) is 0 Å². The van der Waals surface area contributed by atoms with Gasteiger partial charge in [-0.1, -0.05) is 11.3 Å². The first-order chi connectivity index (χ1) is 12.6. The van der Waals surface area contributed by atoms with Gasteiger partial charge in [-0.25, -0.2) is 14.6 Å². The minimum atomic E-state index is -0.951. The van der Waals surface area contributed by atoms with Crippen molar-refractivity contribution in [1.29, 1.82) is 0 Å². The summed E-state index contributed by atoms with van der Waals surface area (Å²) in [5.74, 6) is -0.490. The van der Waals surface area contributed by atoms with Gasteiger partial charge >= 0.3 is 12.2 Å². The van der Waals surface area contributed by atoms with Crippen LogP contribution in [0.3, 0.4) is 0 Å². The topological polar surface area (TPSA) is 112 Å². The van der Waals surface area contributed by atoms with Gasteiger partial charge in [0.05, 0.1) is 18.2 Å². The lowest BCUT2D eigenvalue weighted by Crippen LogP contribution is -2.36. The number of carbonyl (C=O) groups is 3. The van der Waals surface area contributed by atoms with Crippen molar-refractivity contribution in [3.8, 4) is 0 Å². The molecule has 0 aromatic carbocycles. The maximum atomic E-state index is 12.5. The molecule has 1 unspecified atom stereocenters. The molecule has 1 atom stereocenters. The number of anilines is 1. The van der Waals surface area contributed by atoms with Crippen LogP contribution >= 0.6 is 11.3 Å². The molecule has 3 amide bonds. The van der Waals surface area contributed by atoms with Gasteiger partial charge in [0.25, 0.3) is 0 Å². The highest BCUT2D eigenvalue weighted by Crippen LogP contribution is 2.29. The molecule has 0 bridgehead atoms. The number of likely N-dealkylation sites (tertiary alicyclic amines) is 1. The van der Waals surface area contributed by atoms with Crippen LogP contribution in [0.1, 0.15) is 37.8 Å². The Morgan fingerprint density at radius 2 is 2.00 bits per heavy atom. The zero-order valence-corrected chi connectivity index (χ0v) is 16.5. The maximum Gasteiger partial charge on any atom is 0.410 e. The van der Waals surface area contributed by atoms with Gasteiger partial charge in [0.15, 0.2) is 5.13 Å². The number of aromatic nitrogens is 1. The van der Waals surface area contributed by atoms with Crippen molar-refractivity contribution >= 4 is 34.6 Å². The molecule has 1 aromatic rings. The summed E-state index contributed by atoms with van der Waals surface area (Å²) in [5.41, 5.74) is 0.274. The fourth-order valence-corrected chi connectivity index (χ4v) is 4.11. The van der Waals surface area contributed by atoms with Crippen molar-refractivity contribution in [2.45, 2.75) is 45.8 Å². The highest BCUT2D eigenvalue weighted by atomic mass is 32.1. The zero-order chi connectivity index (χ0) is 19.8. The molecular weight excluding hydrogens is 372 g/mol. The SMILES string of the molecule is CC(C)(C)OC(=O)N1CCC(C(=O)Nc2nc3c(s2)CN(C(=O)O)CC3)C1. The minimum Gasteiger partial charge on any atom is -0.465 e. The molecule has 0 spiro atoms. The van der Waals surface area contributed by atoms with Crippen molar-refractivity contribution in [3.05, 3.63) is 10.6 Å².